The molecule has 0 bridgehead atoms. The van der Waals surface area contributed by atoms with Crippen molar-refractivity contribution in [2.24, 2.45) is 7.05 Å². The molecule has 1 aliphatic rings. The second kappa shape index (κ2) is 9.71. The van der Waals surface area contributed by atoms with Gasteiger partial charge in [-0.3, -0.25) is 19.1 Å². The molecule has 1 N–H and O–H groups in total. The van der Waals surface area contributed by atoms with E-state index in [4.69, 9.17) is 5.11 Å². The molecule has 0 aromatic carbocycles. The maximum absolute atomic E-state index is 13.0. The van der Waals surface area contributed by atoms with Crippen molar-refractivity contribution in [3.8, 4) is 0 Å². The van der Waals surface area contributed by atoms with Crippen LogP contribution in [0.3, 0.4) is 0 Å². The zero-order valence-corrected chi connectivity index (χ0v) is 17.4. The van der Waals surface area contributed by atoms with E-state index in [0.717, 1.165) is 36.2 Å². The van der Waals surface area contributed by atoms with Gasteiger partial charge in [-0.1, -0.05) is 13.8 Å². The van der Waals surface area contributed by atoms with E-state index in [-0.39, 0.29) is 24.4 Å². The van der Waals surface area contributed by atoms with E-state index in [1.807, 2.05) is 23.6 Å². The van der Waals surface area contributed by atoms with E-state index in [0.29, 0.717) is 32.4 Å². The number of aliphatic carboxylic acids is 1. The molecule has 2 rings (SSSR count). The Hall–Kier alpha value is -2.38. The molecule has 2 heterocycles. The van der Waals surface area contributed by atoms with Crippen molar-refractivity contribution in [3.05, 3.63) is 17.0 Å². The molecule has 1 aliphatic heterocycles. The zero-order chi connectivity index (χ0) is 20.8. The Morgan fingerprint density at radius 1 is 1.18 bits per heavy atom. The normalized spacial score (nSPS) is 17.3. The number of nitrogens with zero attached hydrogens (tertiary/aromatic N) is 4. The smallest absolute Gasteiger partial charge is 0.323 e. The molecule has 1 unspecified atom stereocenters. The first-order valence-electron chi connectivity index (χ1n) is 10.1. The summed E-state index contributed by atoms with van der Waals surface area (Å²) in [5.41, 5.74) is 3.11. The fourth-order valence-corrected chi connectivity index (χ4v) is 4.14. The van der Waals surface area contributed by atoms with Crippen molar-refractivity contribution in [1.82, 2.24) is 19.6 Å². The van der Waals surface area contributed by atoms with Crippen molar-refractivity contribution in [2.75, 3.05) is 19.6 Å². The van der Waals surface area contributed by atoms with E-state index in [2.05, 4.69) is 12.0 Å². The number of aryl methyl sites for hydroxylation is 2. The van der Waals surface area contributed by atoms with Gasteiger partial charge < -0.3 is 14.9 Å². The van der Waals surface area contributed by atoms with E-state index in [9.17, 15) is 14.4 Å². The van der Waals surface area contributed by atoms with Gasteiger partial charge >= 0.3 is 5.97 Å². The molecule has 0 saturated carbocycles. The Bertz CT molecular complexity index is 728. The molecule has 1 aromatic heterocycles. The summed E-state index contributed by atoms with van der Waals surface area (Å²) in [5.74, 6) is -1.17. The number of aromatic nitrogens is 2. The predicted octanol–water partition coefficient (Wildman–Crippen LogP) is 1.40. The van der Waals surface area contributed by atoms with Gasteiger partial charge in [0.15, 0.2) is 0 Å². The molecule has 1 atom stereocenters. The van der Waals surface area contributed by atoms with Crippen molar-refractivity contribution >= 4 is 17.8 Å². The molecule has 1 fully saturated rings. The standard InChI is InChI=1S/C20H32N4O4/c1-5-17-16(18(6-2)22(4)21-17)12-19(26)23-10-7-8-15(9-11-23)24(14(3)25)13-20(27)28/h15H,5-13H2,1-4H3,(H,27,28). The van der Waals surface area contributed by atoms with Crippen LogP contribution in [0.25, 0.3) is 0 Å². The monoisotopic (exact) mass is 392 g/mol. The van der Waals surface area contributed by atoms with Crippen molar-refractivity contribution in [2.45, 2.75) is 65.3 Å². The van der Waals surface area contributed by atoms with Gasteiger partial charge in [-0.25, -0.2) is 0 Å². The lowest BCUT2D eigenvalue weighted by atomic mass is 10.0. The van der Waals surface area contributed by atoms with Crippen molar-refractivity contribution in [3.63, 3.8) is 0 Å². The number of amides is 2. The predicted molar refractivity (Wildman–Crippen MR) is 105 cm³/mol. The number of carbonyl (C=O) groups excluding carboxylic acids is 2. The zero-order valence-electron chi connectivity index (χ0n) is 17.4. The van der Waals surface area contributed by atoms with E-state index in [1.165, 1.54) is 11.8 Å². The van der Waals surface area contributed by atoms with Gasteiger partial charge in [0.1, 0.15) is 6.54 Å². The summed E-state index contributed by atoms with van der Waals surface area (Å²) in [7, 11) is 1.92. The van der Waals surface area contributed by atoms with Gasteiger partial charge in [0.25, 0.3) is 0 Å². The molecule has 1 aromatic rings. The Kier molecular flexibility index (Phi) is 7.60. The van der Waals surface area contributed by atoms with Crippen molar-refractivity contribution < 1.29 is 19.5 Å². The quantitative estimate of drug-likeness (QED) is 0.757. The fourth-order valence-electron chi connectivity index (χ4n) is 4.14. The highest BCUT2D eigenvalue weighted by Gasteiger charge is 2.28. The van der Waals surface area contributed by atoms with Gasteiger partial charge in [0, 0.05) is 44.4 Å². The van der Waals surface area contributed by atoms with Crippen LogP contribution >= 0.6 is 0 Å². The lowest BCUT2D eigenvalue weighted by molar-refractivity contribution is -0.145. The largest absolute Gasteiger partial charge is 0.480 e. The molecular weight excluding hydrogens is 360 g/mol. The highest BCUT2D eigenvalue weighted by atomic mass is 16.4. The minimum atomic E-state index is -1.01. The maximum atomic E-state index is 13.0. The summed E-state index contributed by atoms with van der Waals surface area (Å²) in [6.07, 6.45) is 4.04. The van der Waals surface area contributed by atoms with E-state index in [1.54, 1.807) is 0 Å². The topological polar surface area (TPSA) is 95.7 Å². The number of carbonyl (C=O) groups is 3. The second-order valence-corrected chi connectivity index (χ2v) is 7.39. The van der Waals surface area contributed by atoms with Crippen LogP contribution in [0.2, 0.25) is 0 Å². The summed E-state index contributed by atoms with van der Waals surface area (Å²) in [5, 5.41) is 13.6. The average molecular weight is 393 g/mol. The number of carboxylic acid groups (broad SMARTS) is 1. The van der Waals surface area contributed by atoms with Gasteiger partial charge in [-0.15, -0.1) is 0 Å². The Balaban J connectivity index is 2.07. The number of rotatable bonds is 7. The van der Waals surface area contributed by atoms with Crippen LogP contribution in [-0.4, -0.2) is 68.1 Å². The Morgan fingerprint density at radius 2 is 1.89 bits per heavy atom. The summed E-state index contributed by atoms with van der Waals surface area (Å²) in [6, 6.07) is -0.137. The fraction of sp³-hybridized carbons (Fsp3) is 0.700. The highest BCUT2D eigenvalue weighted by molar-refractivity contribution is 5.80. The first kappa shape index (κ1) is 21.9. The number of likely N-dealkylation sites (tertiary alicyclic amines) is 1. The van der Waals surface area contributed by atoms with Crippen LogP contribution < -0.4 is 0 Å². The summed E-state index contributed by atoms with van der Waals surface area (Å²) in [6.45, 7) is 6.40. The SMILES string of the molecule is CCc1nn(C)c(CC)c1CC(=O)N1CCCC(N(CC(=O)O)C(C)=O)CC1. The van der Waals surface area contributed by atoms with Crippen LogP contribution in [-0.2, 0) is 40.7 Å². The minimum Gasteiger partial charge on any atom is -0.480 e. The lowest BCUT2D eigenvalue weighted by Gasteiger charge is -2.29. The molecule has 28 heavy (non-hydrogen) atoms. The third-order valence-corrected chi connectivity index (χ3v) is 5.56. The van der Waals surface area contributed by atoms with Crippen LogP contribution in [0.5, 0.6) is 0 Å². The van der Waals surface area contributed by atoms with Gasteiger partial charge in [-0.2, -0.15) is 5.10 Å². The van der Waals surface area contributed by atoms with Gasteiger partial charge in [-0.05, 0) is 32.1 Å². The van der Waals surface area contributed by atoms with E-state index >= 15 is 0 Å². The number of hydrogen-bond donors (Lipinski definition) is 1. The molecule has 8 nitrogen and oxygen atoms in total. The number of hydrogen-bond acceptors (Lipinski definition) is 4. The first-order chi connectivity index (χ1) is 13.3. The van der Waals surface area contributed by atoms with E-state index < -0.39 is 5.97 Å². The molecule has 0 aliphatic carbocycles. The second-order valence-electron chi connectivity index (χ2n) is 7.39. The summed E-state index contributed by atoms with van der Waals surface area (Å²) in [4.78, 5) is 39.2. The third kappa shape index (κ3) is 5.11. The van der Waals surface area contributed by atoms with Gasteiger partial charge in [0.2, 0.25) is 11.8 Å². The molecule has 0 radical (unpaired) electrons. The maximum Gasteiger partial charge on any atom is 0.323 e. The van der Waals surface area contributed by atoms with Crippen LogP contribution in [0.4, 0.5) is 0 Å². The van der Waals surface area contributed by atoms with Crippen molar-refractivity contribution in [1.29, 1.82) is 0 Å². The molecular formula is C20H32N4O4. The summed E-state index contributed by atoms with van der Waals surface area (Å²) >= 11 is 0. The third-order valence-electron chi connectivity index (χ3n) is 5.56. The summed E-state index contributed by atoms with van der Waals surface area (Å²) < 4.78 is 1.87. The highest BCUT2D eigenvalue weighted by Crippen LogP contribution is 2.21. The Morgan fingerprint density at radius 3 is 2.46 bits per heavy atom. The minimum absolute atomic E-state index is 0.0747. The molecule has 8 heteroatoms. The average Bonchev–Trinajstić information content (AvgIpc) is 2.80. The van der Waals surface area contributed by atoms with Crippen LogP contribution in [0.15, 0.2) is 0 Å². The Labute approximate surface area is 166 Å². The lowest BCUT2D eigenvalue weighted by Crippen LogP contribution is -2.43. The first-order valence-corrected chi connectivity index (χ1v) is 10.1. The van der Waals surface area contributed by atoms with Gasteiger partial charge in [0.05, 0.1) is 12.1 Å². The van der Waals surface area contributed by atoms with Crippen LogP contribution in [0, 0.1) is 0 Å². The van der Waals surface area contributed by atoms with Crippen LogP contribution in [0.1, 0.15) is 57.0 Å². The molecule has 156 valence electrons. The molecule has 2 amide bonds. The molecule has 0 spiro atoms. The number of carboxylic acids is 1. The molecule has 1 saturated heterocycles.